The molecule has 0 spiro atoms. The van der Waals surface area contributed by atoms with E-state index in [-0.39, 0.29) is 11.8 Å². The minimum Gasteiger partial charge on any atom is -0.373 e. The number of carbonyl (C=O) groups excluding carboxylic acids is 2. The Balaban J connectivity index is 1.59. The SMILES string of the molecule is CN(CCNC(=O)c1ccccc1NC(=O)c1cccs1)c1ccccc1. The first-order valence-corrected chi connectivity index (χ1v) is 9.51. The van der Waals surface area contributed by atoms with Gasteiger partial charge in [-0.1, -0.05) is 36.4 Å². The molecule has 0 atom stereocenters. The lowest BCUT2D eigenvalue weighted by Crippen LogP contribution is -2.33. The Kier molecular flexibility index (Phi) is 6.22. The fourth-order valence-corrected chi connectivity index (χ4v) is 3.24. The van der Waals surface area contributed by atoms with Crippen LogP contribution in [0.25, 0.3) is 0 Å². The third kappa shape index (κ3) is 4.95. The van der Waals surface area contributed by atoms with E-state index in [1.54, 1.807) is 30.3 Å². The van der Waals surface area contributed by atoms with Gasteiger partial charge in [-0.2, -0.15) is 0 Å². The van der Waals surface area contributed by atoms with Crippen molar-refractivity contribution in [3.05, 3.63) is 82.6 Å². The highest BCUT2D eigenvalue weighted by Crippen LogP contribution is 2.18. The second kappa shape index (κ2) is 9.00. The molecule has 2 aromatic carbocycles. The summed E-state index contributed by atoms with van der Waals surface area (Å²) in [6.45, 7) is 1.18. The van der Waals surface area contributed by atoms with Gasteiger partial charge in [0.1, 0.15) is 0 Å². The third-order valence-electron chi connectivity index (χ3n) is 4.09. The van der Waals surface area contributed by atoms with E-state index in [4.69, 9.17) is 0 Å². The standard InChI is InChI=1S/C21H21N3O2S/c1-24(16-8-3-2-4-9-16)14-13-22-20(25)17-10-5-6-11-18(17)23-21(26)19-12-7-15-27-19/h2-12,15H,13-14H2,1H3,(H,22,25)(H,23,26). The highest BCUT2D eigenvalue weighted by Gasteiger charge is 2.14. The Hall–Kier alpha value is -3.12. The molecule has 0 aliphatic carbocycles. The van der Waals surface area contributed by atoms with Gasteiger partial charge in [-0.15, -0.1) is 11.3 Å². The van der Waals surface area contributed by atoms with Crippen LogP contribution in [0.3, 0.4) is 0 Å². The zero-order valence-corrected chi connectivity index (χ0v) is 15.8. The lowest BCUT2D eigenvalue weighted by molar-refractivity contribution is 0.0955. The molecular weight excluding hydrogens is 358 g/mol. The van der Waals surface area contributed by atoms with Crippen molar-refractivity contribution in [3.8, 4) is 0 Å². The van der Waals surface area contributed by atoms with Gasteiger partial charge in [-0.05, 0) is 35.7 Å². The molecule has 0 aliphatic heterocycles. The lowest BCUT2D eigenvalue weighted by atomic mass is 10.1. The molecule has 2 N–H and O–H groups in total. The van der Waals surface area contributed by atoms with Gasteiger partial charge in [0, 0.05) is 25.8 Å². The van der Waals surface area contributed by atoms with E-state index in [2.05, 4.69) is 15.5 Å². The van der Waals surface area contributed by atoms with E-state index in [9.17, 15) is 9.59 Å². The van der Waals surface area contributed by atoms with Crippen LogP contribution in [0.1, 0.15) is 20.0 Å². The fraction of sp³-hybridized carbons (Fsp3) is 0.143. The van der Waals surface area contributed by atoms with Crippen molar-refractivity contribution in [1.82, 2.24) is 5.32 Å². The van der Waals surface area contributed by atoms with Crippen LogP contribution >= 0.6 is 11.3 Å². The van der Waals surface area contributed by atoms with Gasteiger partial charge in [0.05, 0.1) is 16.1 Å². The first-order valence-electron chi connectivity index (χ1n) is 8.63. The highest BCUT2D eigenvalue weighted by molar-refractivity contribution is 7.12. The van der Waals surface area contributed by atoms with E-state index in [1.165, 1.54) is 11.3 Å². The Labute approximate surface area is 162 Å². The monoisotopic (exact) mass is 379 g/mol. The zero-order chi connectivity index (χ0) is 19.1. The number of para-hydroxylation sites is 2. The van der Waals surface area contributed by atoms with E-state index >= 15 is 0 Å². The first kappa shape index (κ1) is 18.7. The zero-order valence-electron chi connectivity index (χ0n) is 15.0. The van der Waals surface area contributed by atoms with Crippen LogP contribution in [0, 0.1) is 0 Å². The van der Waals surface area contributed by atoms with Gasteiger partial charge < -0.3 is 15.5 Å². The quantitative estimate of drug-likeness (QED) is 0.655. The summed E-state index contributed by atoms with van der Waals surface area (Å²) < 4.78 is 0. The van der Waals surface area contributed by atoms with Crippen molar-refractivity contribution >= 4 is 34.5 Å². The molecule has 6 heteroatoms. The average molecular weight is 379 g/mol. The minimum absolute atomic E-state index is 0.210. The summed E-state index contributed by atoms with van der Waals surface area (Å²) in [7, 11) is 1.98. The Morgan fingerprint density at radius 3 is 2.41 bits per heavy atom. The van der Waals surface area contributed by atoms with Gasteiger partial charge in [0.25, 0.3) is 11.8 Å². The third-order valence-corrected chi connectivity index (χ3v) is 4.96. The summed E-state index contributed by atoms with van der Waals surface area (Å²) in [6.07, 6.45) is 0. The maximum Gasteiger partial charge on any atom is 0.265 e. The topological polar surface area (TPSA) is 61.4 Å². The second-order valence-corrected chi connectivity index (χ2v) is 6.94. The molecule has 0 fully saturated rings. The van der Waals surface area contributed by atoms with Crippen LogP contribution in [0.5, 0.6) is 0 Å². The van der Waals surface area contributed by atoms with Crippen molar-refractivity contribution in [3.63, 3.8) is 0 Å². The molecular formula is C21H21N3O2S. The molecule has 3 aromatic rings. The van der Waals surface area contributed by atoms with Gasteiger partial charge in [0.2, 0.25) is 0 Å². The molecule has 1 aromatic heterocycles. The second-order valence-electron chi connectivity index (χ2n) is 5.99. The van der Waals surface area contributed by atoms with Crippen molar-refractivity contribution < 1.29 is 9.59 Å². The van der Waals surface area contributed by atoms with E-state index < -0.39 is 0 Å². The summed E-state index contributed by atoms with van der Waals surface area (Å²) in [4.78, 5) is 27.5. The molecule has 0 saturated heterocycles. The molecule has 0 radical (unpaired) electrons. The van der Waals surface area contributed by atoms with Crippen LogP contribution < -0.4 is 15.5 Å². The Morgan fingerprint density at radius 1 is 0.926 bits per heavy atom. The number of carbonyl (C=O) groups is 2. The number of thiophene rings is 1. The number of hydrogen-bond acceptors (Lipinski definition) is 4. The van der Waals surface area contributed by atoms with E-state index in [1.807, 2.05) is 48.8 Å². The molecule has 0 unspecified atom stereocenters. The fourth-order valence-electron chi connectivity index (χ4n) is 2.63. The number of rotatable bonds is 7. The van der Waals surface area contributed by atoms with Gasteiger partial charge in [-0.3, -0.25) is 9.59 Å². The maximum atomic E-state index is 12.6. The summed E-state index contributed by atoms with van der Waals surface area (Å²) in [6, 6.07) is 20.6. The van der Waals surface area contributed by atoms with Crippen molar-refractivity contribution in [2.24, 2.45) is 0 Å². The number of likely N-dealkylation sites (N-methyl/N-ethyl adjacent to an activating group) is 1. The first-order chi connectivity index (χ1) is 13.1. The molecule has 1 heterocycles. The normalized spacial score (nSPS) is 10.3. The van der Waals surface area contributed by atoms with Crippen LogP contribution in [-0.2, 0) is 0 Å². The van der Waals surface area contributed by atoms with E-state index in [0.717, 1.165) is 5.69 Å². The number of nitrogens with zero attached hydrogens (tertiary/aromatic N) is 1. The minimum atomic E-state index is -0.214. The molecule has 0 aliphatic rings. The van der Waals surface area contributed by atoms with Crippen LogP contribution in [0.15, 0.2) is 72.1 Å². The summed E-state index contributed by atoms with van der Waals surface area (Å²) in [5, 5.41) is 7.58. The number of nitrogens with one attached hydrogen (secondary N) is 2. The van der Waals surface area contributed by atoms with Crippen molar-refractivity contribution in [2.45, 2.75) is 0 Å². The average Bonchev–Trinajstić information content (AvgIpc) is 3.24. The van der Waals surface area contributed by atoms with Crippen molar-refractivity contribution in [1.29, 1.82) is 0 Å². The number of anilines is 2. The largest absolute Gasteiger partial charge is 0.373 e. The molecule has 0 bridgehead atoms. The lowest BCUT2D eigenvalue weighted by Gasteiger charge is -2.19. The van der Waals surface area contributed by atoms with Crippen molar-refractivity contribution in [2.75, 3.05) is 30.4 Å². The van der Waals surface area contributed by atoms with Crippen LogP contribution in [-0.4, -0.2) is 32.0 Å². The Morgan fingerprint density at radius 2 is 1.67 bits per heavy atom. The van der Waals surface area contributed by atoms with Crippen LogP contribution in [0.2, 0.25) is 0 Å². The summed E-state index contributed by atoms with van der Waals surface area (Å²) in [5.41, 5.74) is 2.05. The molecule has 138 valence electrons. The smallest absolute Gasteiger partial charge is 0.265 e. The summed E-state index contributed by atoms with van der Waals surface area (Å²) in [5.74, 6) is -0.424. The van der Waals surface area contributed by atoms with Gasteiger partial charge in [-0.25, -0.2) is 0 Å². The Bertz CT molecular complexity index is 895. The number of benzene rings is 2. The number of amides is 2. The molecule has 5 nitrogen and oxygen atoms in total. The van der Waals surface area contributed by atoms with Crippen LogP contribution in [0.4, 0.5) is 11.4 Å². The molecule has 2 amide bonds. The molecule has 3 rings (SSSR count). The number of hydrogen-bond donors (Lipinski definition) is 2. The van der Waals surface area contributed by atoms with Gasteiger partial charge >= 0.3 is 0 Å². The highest BCUT2D eigenvalue weighted by atomic mass is 32.1. The molecule has 27 heavy (non-hydrogen) atoms. The summed E-state index contributed by atoms with van der Waals surface area (Å²) >= 11 is 1.36. The van der Waals surface area contributed by atoms with Gasteiger partial charge in [0.15, 0.2) is 0 Å². The predicted octanol–water partition coefficient (Wildman–Crippen LogP) is 3.87. The van der Waals surface area contributed by atoms with E-state index in [0.29, 0.717) is 29.2 Å². The maximum absolute atomic E-state index is 12.6. The predicted molar refractivity (Wildman–Crippen MR) is 111 cm³/mol. The molecule has 0 saturated carbocycles.